The zero-order valence-electron chi connectivity index (χ0n) is 11.2. The summed E-state index contributed by atoms with van der Waals surface area (Å²) in [4.78, 5) is 2.19. The highest BCUT2D eigenvalue weighted by atomic mass is 35.5. The Morgan fingerprint density at radius 3 is 2.95 bits per heavy atom. The Hall–Kier alpha value is -1.64. The van der Waals surface area contributed by atoms with Crippen LogP contribution < -0.4 is 4.90 Å². The zero-order chi connectivity index (χ0) is 14.8. The van der Waals surface area contributed by atoms with Gasteiger partial charge in [0.25, 0.3) is 0 Å². The van der Waals surface area contributed by atoms with Gasteiger partial charge in [0.2, 0.25) is 0 Å². The van der Waals surface area contributed by atoms with Crippen molar-refractivity contribution in [3.8, 4) is 6.07 Å². The molecule has 0 N–H and O–H groups in total. The normalized spacial score (nSPS) is 14.0. The molecule has 0 saturated heterocycles. The number of benzene rings is 1. The molecule has 0 bridgehead atoms. The van der Waals surface area contributed by atoms with Crippen LogP contribution in [0.25, 0.3) is 0 Å². The van der Waals surface area contributed by atoms with Crippen molar-refractivity contribution in [1.82, 2.24) is 4.37 Å². The van der Waals surface area contributed by atoms with Gasteiger partial charge in [-0.15, -0.1) is 0 Å². The minimum Gasteiger partial charge on any atom is -0.358 e. The molecule has 0 radical (unpaired) electrons. The van der Waals surface area contributed by atoms with Crippen LogP contribution in [0.1, 0.15) is 24.0 Å². The molecule has 3 rings (SSSR count). The molecule has 6 heteroatoms. The second-order valence-corrected chi connectivity index (χ2v) is 6.18. The molecule has 0 unspecified atom stereocenters. The quantitative estimate of drug-likeness (QED) is 0.835. The molecule has 1 fully saturated rings. The number of halogens is 2. The van der Waals surface area contributed by atoms with E-state index in [9.17, 15) is 9.65 Å². The maximum absolute atomic E-state index is 13.2. The topological polar surface area (TPSA) is 39.9 Å². The van der Waals surface area contributed by atoms with Gasteiger partial charge in [-0.1, -0.05) is 23.7 Å². The summed E-state index contributed by atoms with van der Waals surface area (Å²) in [7, 11) is 0. The zero-order valence-corrected chi connectivity index (χ0v) is 12.8. The van der Waals surface area contributed by atoms with Gasteiger partial charge in [0, 0.05) is 12.6 Å². The predicted octanol–water partition coefficient (Wildman–Crippen LogP) is 4.02. The van der Waals surface area contributed by atoms with Crippen LogP contribution in [0.4, 0.5) is 9.39 Å². The predicted molar refractivity (Wildman–Crippen MR) is 82.3 cm³/mol. The van der Waals surface area contributed by atoms with E-state index in [0.717, 1.165) is 36.4 Å². The number of rotatable bonds is 5. The molecule has 0 amide bonds. The SMILES string of the molecule is N#Cc1c(Cl)nsc1N(CCc1cccc(F)c1)C1CC1. The van der Waals surface area contributed by atoms with E-state index in [0.29, 0.717) is 11.6 Å². The summed E-state index contributed by atoms with van der Waals surface area (Å²) in [5.74, 6) is -0.218. The molecule has 1 aromatic carbocycles. The summed E-state index contributed by atoms with van der Waals surface area (Å²) in [6.07, 6.45) is 2.96. The van der Waals surface area contributed by atoms with Crippen molar-refractivity contribution >= 4 is 28.1 Å². The van der Waals surface area contributed by atoms with Crippen molar-refractivity contribution in [2.24, 2.45) is 0 Å². The van der Waals surface area contributed by atoms with E-state index in [2.05, 4.69) is 15.3 Å². The first kappa shape index (κ1) is 14.3. The van der Waals surface area contributed by atoms with Crippen LogP contribution in [0.5, 0.6) is 0 Å². The number of nitrogens with zero attached hydrogens (tertiary/aromatic N) is 3. The van der Waals surface area contributed by atoms with Crippen LogP contribution >= 0.6 is 23.1 Å². The fourth-order valence-corrected chi connectivity index (χ4v) is 3.46. The Kier molecular flexibility index (Phi) is 4.09. The van der Waals surface area contributed by atoms with Gasteiger partial charge in [0.1, 0.15) is 22.5 Å². The summed E-state index contributed by atoms with van der Waals surface area (Å²) in [5.41, 5.74) is 1.41. The van der Waals surface area contributed by atoms with E-state index >= 15 is 0 Å². The third-order valence-electron chi connectivity index (χ3n) is 3.52. The molecule has 1 aromatic heterocycles. The summed E-state index contributed by atoms with van der Waals surface area (Å²) in [5, 5.41) is 10.3. The highest BCUT2D eigenvalue weighted by molar-refractivity contribution is 7.10. The Balaban J connectivity index is 1.78. The van der Waals surface area contributed by atoms with Crippen molar-refractivity contribution in [2.45, 2.75) is 25.3 Å². The van der Waals surface area contributed by atoms with Gasteiger partial charge in [-0.25, -0.2) is 4.39 Å². The number of aromatic nitrogens is 1. The maximum Gasteiger partial charge on any atom is 0.162 e. The van der Waals surface area contributed by atoms with E-state index in [1.54, 1.807) is 12.1 Å². The molecule has 108 valence electrons. The van der Waals surface area contributed by atoms with Gasteiger partial charge in [-0.05, 0) is 48.5 Å². The smallest absolute Gasteiger partial charge is 0.162 e. The summed E-state index contributed by atoms with van der Waals surface area (Å²) in [6, 6.07) is 9.20. The van der Waals surface area contributed by atoms with E-state index in [4.69, 9.17) is 11.6 Å². The third-order valence-corrected chi connectivity index (χ3v) is 4.78. The first-order valence-corrected chi connectivity index (χ1v) is 7.90. The maximum atomic E-state index is 13.2. The second kappa shape index (κ2) is 6.00. The molecule has 1 aliphatic carbocycles. The van der Waals surface area contributed by atoms with E-state index in [1.807, 2.05) is 6.07 Å². The van der Waals surface area contributed by atoms with Crippen molar-refractivity contribution < 1.29 is 4.39 Å². The molecule has 0 aliphatic heterocycles. The monoisotopic (exact) mass is 321 g/mol. The minimum absolute atomic E-state index is 0.218. The fourth-order valence-electron chi connectivity index (χ4n) is 2.33. The van der Waals surface area contributed by atoms with Crippen molar-refractivity contribution in [2.75, 3.05) is 11.4 Å². The molecule has 0 spiro atoms. The summed E-state index contributed by atoms with van der Waals surface area (Å²) >= 11 is 7.22. The fraction of sp³-hybridized carbons (Fsp3) is 0.333. The largest absolute Gasteiger partial charge is 0.358 e. The van der Waals surface area contributed by atoms with Crippen molar-refractivity contribution in [1.29, 1.82) is 5.26 Å². The highest BCUT2D eigenvalue weighted by Gasteiger charge is 2.32. The van der Waals surface area contributed by atoms with Gasteiger partial charge in [-0.2, -0.15) is 9.64 Å². The average Bonchev–Trinajstić information content (AvgIpc) is 3.23. The van der Waals surface area contributed by atoms with Gasteiger partial charge in [0.15, 0.2) is 5.15 Å². The number of nitriles is 1. The molecule has 1 heterocycles. The second-order valence-electron chi connectivity index (χ2n) is 5.07. The lowest BCUT2D eigenvalue weighted by Crippen LogP contribution is -2.28. The Labute approximate surface area is 131 Å². The van der Waals surface area contributed by atoms with Crippen LogP contribution in [0.3, 0.4) is 0 Å². The van der Waals surface area contributed by atoms with Crippen molar-refractivity contribution in [3.63, 3.8) is 0 Å². The van der Waals surface area contributed by atoms with E-state index in [-0.39, 0.29) is 11.0 Å². The molecule has 3 nitrogen and oxygen atoms in total. The lowest BCUT2D eigenvalue weighted by Gasteiger charge is -2.22. The molecular formula is C15H13ClFN3S. The molecule has 0 atom stereocenters. The summed E-state index contributed by atoms with van der Waals surface area (Å²) in [6.45, 7) is 0.737. The number of hydrogen-bond acceptors (Lipinski definition) is 4. The van der Waals surface area contributed by atoms with E-state index in [1.165, 1.54) is 17.6 Å². The van der Waals surface area contributed by atoms with E-state index < -0.39 is 0 Å². The molecule has 1 aliphatic rings. The lowest BCUT2D eigenvalue weighted by atomic mass is 10.1. The third kappa shape index (κ3) is 3.17. The Bertz CT molecular complexity index is 690. The standard InChI is InChI=1S/C15H13ClFN3S/c16-14-13(9-18)15(21-19-14)20(12-4-5-12)7-6-10-2-1-3-11(17)8-10/h1-3,8,12H,4-7H2. The Morgan fingerprint density at radius 2 is 2.29 bits per heavy atom. The van der Waals surface area contributed by atoms with Gasteiger partial charge in [0.05, 0.1) is 0 Å². The van der Waals surface area contributed by atoms with Crippen LogP contribution in [0.15, 0.2) is 24.3 Å². The molecular weight excluding hydrogens is 309 g/mol. The number of anilines is 1. The highest BCUT2D eigenvalue weighted by Crippen LogP contribution is 2.38. The Morgan fingerprint density at radius 1 is 1.48 bits per heavy atom. The first-order valence-electron chi connectivity index (χ1n) is 6.75. The first-order chi connectivity index (χ1) is 10.2. The summed E-state index contributed by atoms with van der Waals surface area (Å²) < 4.78 is 17.3. The van der Waals surface area contributed by atoms with Crippen LogP contribution in [-0.4, -0.2) is 17.0 Å². The minimum atomic E-state index is -0.218. The van der Waals surface area contributed by atoms with Crippen LogP contribution in [-0.2, 0) is 6.42 Å². The van der Waals surface area contributed by atoms with Gasteiger partial charge >= 0.3 is 0 Å². The average molecular weight is 322 g/mol. The van der Waals surface area contributed by atoms with Crippen molar-refractivity contribution in [3.05, 3.63) is 46.4 Å². The molecule has 2 aromatic rings. The van der Waals surface area contributed by atoms with Gasteiger partial charge in [-0.3, -0.25) is 0 Å². The molecule has 1 saturated carbocycles. The van der Waals surface area contributed by atoms with Gasteiger partial charge < -0.3 is 4.90 Å². The van der Waals surface area contributed by atoms with Crippen LogP contribution in [0, 0.1) is 17.1 Å². The lowest BCUT2D eigenvalue weighted by molar-refractivity contribution is 0.625. The van der Waals surface area contributed by atoms with Crippen LogP contribution in [0.2, 0.25) is 5.15 Å². The number of hydrogen-bond donors (Lipinski definition) is 0. The molecule has 21 heavy (non-hydrogen) atoms.